The molecule has 1 N–H and O–H groups in total. The molecule has 23 heavy (non-hydrogen) atoms. The van der Waals surface area contributed by atoms with Gasteiger partial charge in [0.25, 0.3) is 5.91 Å². The number of esters is 1. The molecule has 0 fully saturated rings. The minimum atomic E-state index is -0.789. The van der Waals surface area contributed by atoms with Gasteiger partial charge >= 0.3 is 5.97 Å². The highest BCUT2D eigenvalue weighted by Crippen LogP contribution is 2.23. The largest absolute Gasteiger partial charge is 0.448 e. The maximum atomic E-state index is 12.4. The van der Waals surface area contributed by atoms with Crippen LogP contribution in [0, 0.1) is 6.92 Å². The number of fused-ring (bicyclic) bond motifs is 1. The first kappa shape index (κ1) is 15.3. The summed E-state index contributed by atoms with van der Waals surface area (Å²) in [6.07, 6.45) is 0.512. The fourth-order valence-electron chi connectivity index (χ4n) is 2.67. The molecule has 1 amide bonds. The molecule has 3 rings (SSSR count). The van der Waals surface area contributed by atoms with Gasteiger partial charge in [0.2, 0.25) is 0 Å². The van der Waals surface area contributed by atoms with Crippen LogP contribution in [-0.4, -0.2) is 18.0 Å². The summed E-state index contributed by atoms with van der Waals surface area (Å²) in [5.41, 5.74) is 4.40. The van der Waals surface area contributed by atoms with Crippen molar-refractivity contribution in [2.75, 3.05) is 5.32 Å². The summed E-state index contributed by atoms with van der Waals surface area (Å²) in [5, 5.41) is 2.80. The quantitative estimate of drug-likeness (QED) is 0.885. The van der Waals surface area contributed by atoms with Crippen molar-refractivity contribution in [3.05, 3.63) is 64.7 Å². The first-order valence-corrected chi connectivity index (χ1v) is 7.77. The Morgan fingerprint density at radius 2 is 1.96 bits per heavy atom. The third-order valence-corrected chi connectivity index (χ3v) is 4.06. The van der Waals surface area contributed by atoms with Crippen LogP contribution in [0.2, 0.25) is 0 Å². The van der Waals surface area contributed by atoms with E-state index < -0.39 is 12.1 Å². The first-order chi connectivity index (χ1) is 11.1. The molecule has 4 heteroatoms. The smallest absolute Gasteiger partial charge is 0.339 e. The molecule has 0 aliphatic carbocycles. The van der Waals surface area contributed by atoms with Crippen LogP contribution in [0.1, 0.15) is 34.0 Å². The summed E-state index contributed by atoms with van der Waals surface area (Å²) in [4.78, 5) is 24.5. The predicted molar refractivity (Wildman–Crippen MR) is 88.5 cm³/mol. The molecule has 2 aromatic carbocycles. The number of nitrogens with one attached hydrogen (secondary N) is 1. The van der Waals surface area contributed by atoms with Crippen LogP contribution in [0.5, 0.6) is 0 Å². The third-order valence-electron chi connectivity index (χ3n) is 4.06. The van der Waals surface area contributed by atoms with Crippen molar-refractivity contribution < 1.29 is 14.3 Å². The summed E-state index contributed by atoms with van der Waals surface area (Å²) in [6, 6.07) is 13.2. The van der Waals surface area contributed by atoms with E-state index in [-0.39, 0.29) is 5.91 Å². The minimum Gasteiger partial charge on any atom is -0.448 e. The molecule has 1 heterocycles. The number of rotatable bonds is 3. The highest BCUT2D eigenvalue weighted by molar-refractivity contribution is 6.00. The molecule has 118 valence electrons. The third kappa shape index (κ3) is 3.26. The molecule has 1 aliphatic rings. The van der Waals surface area contributed by atoms with E-state index in [1.54, 1.807) is 6.07 Å². The van der Waals surface area contributed by atoms with Crippen molar-refractivity contribution >= 4 is 17.6 Å². The van der Waals surface area contributed by atoms with Crippen molar-refractivity contribution in [2.24, 2.45) is 0 Å². The van der Waals surface area contributed by atoms with Crippen LogP contribution in [0.4, 0.5) is 5.69 Å². The van der Waals surface area contributed by atoms with Crippen LogP contribution < -0.4 is 5.32 Å². The second kappa shape index (κ2) is 6.24. The van der Waals surface area contributed by atoms with Gasteiger partial charge < -0.3 is 10.1 Å². The van der Waals surface area contributed by atoms with Crippen molar-refractivity contribution in [3.8, 4) is 0 Å². The summed E-state index contributed by atoms with van der Waals surface area (Å²) >= 11 is 0. The minimum absolute atomic E-state index is 0.297. The highest BCUT2D eigenvalue weighted by atomic mass is 16.5. The van der Waals surface area contributed by atoms with Gasteiger partial charge in [-0.25, -0.2) is 4.79 Å². The molecule has 1 atom stereocenters. The fraction of sp³-hybridized carbons (Fsp3) is 0.263. The normalized spacial score (nSPS) is 16.4. The molecule has 4 nitrogen and oxygen atoms in total. The van der Waals surface area contributed by atoms with Crippen molar-refractivity contribution in [2.45, 2.75) is 32.8 Å². The van der Waals surface area contributed by atoms with Crippen molar-refractivity contribution in [1.29, 1.82) is 0 Å². The van der Waals surface area contributed by atoms with E-state index in [1.807, 2.05) is 43.3 Å². The molecule has 0 saturated heterocycles. The van der Waals surface area contributed by atoms with Gasteiger partial charge in [-0.3, -0.25) is 4.79 Å². The lowest BCUT2D eigenvalue weighted by Gasteiger charge is -2.24. The lowest BCUT2D eigenvalue weighted by atomic mass is 9.95. The van der Waals surface area contributed by atoms with Gasteiger partial charge in [0, 0.05) is 12.1 Å². The second-order valence-corrected chi connectivity index (χ2v) is 5.80. The second-order valence-electron chi connectivity index (χ2n) is 5.80. The van der Waals surface area contributed by atoms with E-state index >= 15 is 0 Å². The van der Waals surface area contributed by atoms with E-state index in [1.165, 1.54) is 0 Å². The molecule has 0 saturated carbocycles. The van der Waals surface area contributed by atoms with Gasteiger partial charge in [0.05, 0.1) is 5.56 Å². The molecule has 0 spiro atoms. The highest BCUT2D eigenvalue weighted by Gasteiger charge is 2.31. The van der Waals surface area contributed by atoms with Crippen LogP contribution >= 0.6 is 0 Å². The maximum absolute atomic E-state index is 12.4. The SMILES string of the molecule is CCc1ccc2c(c1)CC(C(=O)Nc1ccc(C)cc1)OC2=O. The summed E-state index contributed by atoms with van der Waals surface area (Å²) < 4.78 is 5.29. The van der Waals surface area contributed by atoms with Gasteiger partial charge in [0.1, 0.15) is 0 Å². The number of hydrogen-bond donors (Lipinski definition) is 1. The van der Waals surface area contributed by atoms with Crippen LogP contribution in [0.3, 0.4) is 0 Å². The van der Waals surface area contributed by atoms with Gasteiger partial charge in [-0.05, 0) is 42.7 Å². The fourth-order valence-corrected chi connectivity index (χ4v) is 2.67. The van der Waals surface area contributed by atoms with Crippen molar-refractivity contribution in [1.82, 2.24) is 0 Å². The number of anilines is 1. The molecule has 0 radical (unpaired) electrons. The van der Waals surface area contributed by atoms with Gasteiger partial charge in [-0.15, -0.1) is 0 Å². The number of carbonyl (C=O) groups is 2. The average Bonchev–Trinajstić information content (AvgIpc) is 2.56. The monoisotopic (exact) mass is 309 g/mol. The Morgan fingerprint density at radius 3 is 2.65 bits per heavy atom. The number of aryl methyl sites for hydroxylation is 2. The number of carbonyl (C=O) groups excluding carboxylic acids is 2. The summed E-state index contributed by atoms with van der Waals surface area (Å²) in [6.45, 7) is 4.04. The van der Waals surface area contributed by atoms with E-state index in [4.69, 9.17) is 4.74 Å². The van der Waals surface area contributed by atoms with Gasteiger partial charge in [-0.1, -0.05) is 36.8 Å². The molecule has 1 aliphatic heterocycles. The van der Waals surface area contributed by atoms with Gasteiger partial charge in [-0.2, -0.15) is 0 Å². The topological polar surface area (TPSA) is 55.4 Å². The molecular weight excluding hydrogens is 290 g/mol. The Kier molecular flexibility index (Phi) is 4.15. The Balaban J connectivity index is 1.77. The summed E-state index contributed by atoms with van der Waals surface area (Å²) in [7, 11) is 0. The zero-order valence-corrected chi connectivity index (χ0v) is 13.3. The van der Waals surface area contributed by atoms with Crippen LogP contribution in [0.25, 0.3) is 0 Å². The zero-order valence-electron chi connectivity index (χ0n) is 13.3. The summed E-state index contributed by atoms with van der Waals surface area (Å²) in [5.74, 6) is -0.729. The maximum Gasteiger partial charge on any atom is 0.339 e. The van der Waals surface area contributed by atoms with Gasteiger partial charge in [0.15, 0.2) is 6.10 Å². The number of benzene rings is 2. The van der Waals surface area contributed by atoms with E-state index in [0.717, 1.165) is 23.1 Å². The number of cyclic esters (lactones) is 1. The van der Waals surface area contributed by atoms with E-state index in [2.05, 4.69) is 12.2 Å². The molecule has 1 unspecified atom stereocenters. The Morgan fingerprint density at radius 1 is 1.22 bits per heavy atom. The number of amides is 1. The van der Waals surface area contributed by atoms with E-state index in [9.17, 15) is 9.59 Å². The molecule has 0 aromatic heterocycles. The number of hydrogen-bond acceptors (Lipinski definition) is 3. The molecular formula is C19H19NO3. The predicted octanol–water partition coefficient (Wildman–Crippen LogP) is 3.28. The molecule has 0 bridgehead atoms. The van der Waals surface area contributed by atoms with E-state index in [0.29, 0.717) is 17.7 Å². The Labute approximate surface area is 135 Å². The standard InChI is InChI=1S/C19H19NO3/c1-3-13-6-9-16-14(10-13)11-17(23-19(16)22)18(21)20-15-7-4-12(2)5-8-15/h4-10,17H,3,11H2,1-2H3,(H,20,21). The molecule has 2 aromatic rings. The Hall–Kier alpha value is -2.62. The Bertz CT molecular complexity index is 750. The first-order valence-electron chi connectivity index (χ1n) is 7.77. The lowest BCUT2D eigenvalue weighted by molar-refractivity contribution is -0.125. The van der Waals surface area contributed by atoms with Crippen LogP contribution in [0.15, 0.2) is 42.5 Å². The van der Waals surface area contributed by atoms with Crippen molar-refractivity contribution in [3.63, 3.8) is 0 Å². The zero-order chi connectivity index (χ0) is 16.4. The lowest BCUT2D eigenvalue weighted by Crippen LogP contribution is -2.38. The van der Waals surface area contributed by atoms with Crippen LogP contribution in [-0.2, 0) is 22.4 Å². The number of ether oxygens (including phenoxy) is 1. The average molecular weight is 309 g/mol.